The first-order chi connectivity index (χ1) is 9.12. The molecule has 0 saturated carbocycles. The maximum atomic E-state index is 11.7. The predicted molar refractivity (Wildman–Crippen MR) is 79.0 cm³/mol. The Morgan fingerprint density at radius 2 is 2.05 bits per heavy atom. The number of carbonyl (C=O) groups excluding carboxylic acids is 1. The van der Waals surface area contributed by atoms with Crippen LogP contribution in [0, 0.1) is 0 Å². The fourth-order valence-electron chi connectivity index (χ4n) is 2.82. The minimum atomic E-state index is 0.107. The molecule has 1 fully saturated rings. The average molecular weight is 270 g/mol. The number of nitrogens with one attached hydrogen (secondary N) is 1. The summed E-state index contributed by atoms with van der Waals surface area (Å²) in [6.45, 7) is 8.83. The van der Waals surface area contributed by atoms with E-state index >= 15 is 0 Å². The monoisotopic (exact) mass is 270 g/mol. The Hall–Kier alpha value is -0.650. The zero-order valence-electron chi connectivity index (χ0n) is 12.7. The molecular formula is C14H30N4O. The molecule has 112 valence electrons. The summed E-state index contributed by atoms with van der Waals surface area (Å²) in [5, 5.41) is 2.85. The van der Waals surface area contributed by atoms with Gasteiger partial charge >= 0.3 is 0 Å². The number of hydrogen-bond donors (Lipinski definition) is 2. The Morgan fingerprint density at radius 1 is 1.42 bits per heavy atom. The molecule has 0 aromatic rings. The van der Waals surface area contributed by atoms with Gasteiger partial charge in [-0.2, -0.15) is 0 Å². The van der Waals surface area contributed by atoms with Crippen LogP contribution in [0.5, 0.6) is 0 Å². The van der Waals surface area contributed by atoms with E-state index in [4.69, 9.17) is 5.73 Å². The van der Waals surface area contributed by atoms with Crippen LogP contribution in [0.25, 0.3) is 0 Å². The summed E-state index contributed by atoms with van der Waals surface area (Å²) >= 11 is 0. The lowest BCUT2D eigenvalue weighted by Crippen LogP contribution is -2.50. The third kappa shape index (κ3) is 5.09. The number of nitrogens with two attached hydrogens (primary N) is 1. The van der Waals surface area contributed by atoms with E-state index in [0.717, 1.165) is 19.6 Å². The van der Waals surface area contributed by atoms with Gasteiger partial charge in [0.2, 0.25) is 5.91 Å². The fraction of sp³-hybridized carbons (Fsp3) is 0.929. The van der Waals surface area contributed by atoms with Gasteiger partial charge in [-0.1, -0.05) is 6.92 Å². The first kappa shape index (κ1) is 16.4. The van der Waals surface area contributed by atoms with Crippen molar-refractivity contribution in [3.8, 4) is 0 Å². The Bertz CT molecular complexity index is 264. The smallest absolute Gasteiger partial charge is 0.221 e. The molecule has 1 rings (SSSR count). The molecule has 0 bridgehead atoms. The third-order valence-corrected chi connectivity index (χ3v) is 4.22. The van der Waals surface area contributed by atoms with E-state index in [-0.39, 0.29) is 11.9 Å². The zero-order valence-corrected chi connectivity index (χ0v) is 12.7. The minimum Gasteiger partial charge on any atom is -0.356 e. The van der Waals surface area contributed by atoms with Gasteiger partial charge in [0, 0.05) is 31.6 Å². The molecule has 1 unspecified atom stereocenters. The van der Waals surface area contributed by atoms with Crippen molar-refractivity contribution in [3.05, 3.63) is 0 Å². The molecule has 0 aromatic heterocycles. The second kappa shape index (κ2) is 8.51. The van der Waals surface area contributed by atoms with Crippen molar-refractivity contribution in [3.63, 3.8) is 0 Å². The third-order valence-electron chi connectivity index (χ3n) is 4.22. The minimum absolute atomic E-state index is 0.107. The van der Waals surface area contributed by atoms with Crippen LogP contribution in [-0.2, 0) is 4.79 Å². The van der Waals surface area contributed by atoms with Crippen molar-refractivity contribution in [2.75, 3.05) is 39.8 Å². The van der Waals surface area contributed by atoms with Crippen molar-refractivity contribution >= 4 is 5.91 Å². The molecule has 1 saturated heterocycles. The number of carbonyl (C=O) groups is 1. The van der Waals surface area contributed by atoms with Gasteiger partial charge in [0.1, 0.15) is 0 Å². The average Bonchev–Trinajstić information content (AvgIpc) is 2.44. The molecule has 0 radical (unpaired) electrons. The molecule has 0 aromatic carbocycles. The van der Waals surface area contributed by atoms with Crippen molar-refractivity contribution < 1.29 is 4.79 Å². The molecule has 0 aliphatic carbocycles. The number of likely N-dealkylation sites (N-methyl/N-ethyl adjacent to an activating group) is 1. The number of hydrogen-bond acceptors (Lipinski definition) is 4. The summed E-state index contributed by atoms with van der Waals surface area (Å²) in [7, 11) is 2.11. The van der Waals surface area contributed by atoms with Crippen LogP contribution in [0.2, 0.25) is 0 Å². The lowest BCUT2D eigenvalue weighted by molar-refractivity contribution is -0.122. The van der Waals surface area contributed by atoms with Crippen molar-refractivity contribution in [1.82, 2.24) is 15.1 Å². The van der Waals surface area contributed by atoms with Crippen molar-refractivity contribution in [2.45, 2.75) is 45.2 Å². The van der Waals surface area contributed by atoms with Gasteiger partial charge in [-0.3, -0.25) is 9.69 Å². The lowest BCUT2D eigenvalue weighted by atomic mass is 10.0. The fourth-order valence-corrected chi connectivity index (χ4v) is 2.82. The summed E-state index contributed by atoms with van der Waals surface area (Å²) in [5.41, 5.74) is 5.85. The van der Waals surface area contributed by atoms with Crippen LogP contribution >= 0.6 is 0 Å². The molecular weight excluding hydrogens is 240 g/mol. The number of nitrogens with zero attached hydrogens (tertiary/aromatic N) is 2. The number of rotatable bonds is 7. The summed E-state index contributed by atoms with van der Waals surface area (Å²) in [6.07, 6.45) is 2.86. The molecule has 19 heavy (non-hydrogen) atoms. The summed E-state index contributed by atoms with van der Waals surface area (Å²) in [4.78, 5) is 16.5. The summed E-state index contributed by atoms with van der Waals surface area (Å²) in [6, 6.07) is 0.718. The van der Waals surface area contributed by atoms with E-state index in [1.165, 1.54) is 12.8 Å². The molecule has 1 aliphatic rings. The second-order valence-electron chi connectivity index (χ2n) is 5.38. The second-order valence-corrected chi connectivity index (χ2v) is 5.38. The topological polar surface area (TPSA) is 61.6 Å². The maximum Gasteiger partial charge on any atom is 0.221 e. The van der Waals surface area contributed by atoms with Crippen molar-refractivity contribution in [2.24, 2.45) is 5.73 Å². The SMILES string of the molecule is CCNC(=O)CC(CN)N(C)C1CCN(CC)CC1. The summed E-state index contributed by atoms with van der Waals surface area (Å²) in [5.74, 6) is 0.107. The molecule has 3 N–H and O–H groups in total. The Morgan fingerprint density at radius 3 is 2.53 bits per heavy atom. The van der Waals surface area contributed by atoms with Gasteiger partial charge in [-0.05, 0) is 46.4 Å². The van der Waals surface area contributed by atoms with Crippen LogP contribution in [0.4, 0.5) is 0 Å². The van der Waals surface area contributed by atoms with Crippen LogP contribution < -0.4 is 11.1 Å². The molecule has 5 nitrogen and oxygen atoms in total. The predicted octanol–water partition coefficient (Wildman–Crippen LogP) is 0.256. The molecule has 1 heterocycles. The van der Waals surface area contributed by atoms with Gasteiger partial charge in [-0.15, -0.1) is 0 Å². The molecule has 1 amide bonds. The highest BCUT2D eigenvalue weighted by Crippen LogP contribution is 2.18. The van der Waals surface area contributed by atoms with Gasteiger partial charge in [-0.25, -0.2) is 0 Å². The number of amides is 1. The zero-order chi connectivity index (χ0) is 14.3. The summed E-state index contributed by atoms with van der Waals surface area (Å²) < 4.78 is 0. The highest BCUT2D eigenvalue weighted by Gasteiger charge is 2.26. The lowest BCUT2D eigenvalue weighted by Gasteiger charge is -2.39. The molecule has 1 aliphatic heterocycles. The highest BCUT2D eigenvalue weighted by molar-refractivity contribution is 5.76. The van der Waals surface area contributed by atoms with Crippen LogP contribution in [0.1, 0.15) is 33.1 Å². The van der Waals surface area contributed by atoms with Crippen molar-refractivity contribution in [1.29, 1.82) is 0 Å². The van der Waals surface area contributed by atoms with E-state index in [0.29, 0.717) is 25.6 Å². The van der Waals surface area contributed by atoms with Crippen LogP contribution in [-0.4, -0.2) is 67.6 Å². The number of piperidine rings is 1. The Balaban J connectivity index is 2.44. The van der Waals surface area contributed by atoms with Crippen LogP contribution in [0.15, 0.2) is 0 Å². The van der Waals surface area contributed by atoms with Gasteiger partial charge in [0.25, 0.3) is 0 Å². The first-order valence-electron chi connectivity index (χ1n) is 7.53. The quantitative estimate of drug-likeness (QED) is 0.696. The largest absolute Gasteiger partial charge is 0.356 e. The standard InChI is InChI=1S/C14H30N4O/c1-4-16-14(19)10-13(11-15)17(3)12-6-8-18(5-2)9-7-12/h12-13H,4-11,15H2,1-3H3,(H,16,19). The van der Waals surface area contributed by atoms with E-state index in [9.17, 15) is 4.79 Å². The number of likely N-dealkylation sites (tertiary alicyclic amines) is 1. The molecule has 0 spiro atoms. The van der Waals surface area contributed by atoms with Gasteiger partial charge in [0.15, 0.2) is 0 Å². The van der Waals surface area contributed by atoms with E-state index in [1.54, 1.807) is 0 Å². The normalized spacial score (nSPS) is 19.6. The van der Waals surface area contributed by atoms with E-state index in [1.807, 2.05) is 6.92 Å². The van der Waals surface area contributed by atoms with E-state index in [2.05, 4.69) is 29.1 Å². The first-order valence-corrected chi connectivity index (χ1v) is 7.53. The highest BCUT2D eigenvalue weighted by atomic mass is 16.1. The molecule has 5 heteroatoms. The van der Waals surface area contributed by atoms with Gasteiger partial charge < -0.3 is 16.0 Å². The molecule has 1 atom stereocenters. The maximum absolute atomic E-state index is 11.7. The van der Waals surface area contributed by atoms with Gasteiger partial charge in [0.05, 0.1) is 0 Å². The Kier molecular flexibility index (Phi) is 7.34. The Labute approximate surface area is 117 Å². The van der Waals surface area contributed by atoms with E-state index < -0.39 is 0 Å². The van der Waals surface area contributed by atoms with Crippen LogP contribution in [0.3, 0.4) is 0 Å².